The molecule has 0 aliphatic heterocycles. The van der Waals surface area contributed by atoms with Gasteiger partial charge in [-0.05, 0) is 38.1 Å². The lowest BCUT2D eigenvalue weighted by Crippen LogP contribution is -2.33. The van der Waals surface area contributed by atoms with E-state index in [1.165, 1.54) is 0 Å². The molecular formula is C13H15F3N2O2. The number of benzene rings is 1. The van der Waals surface area contributed by atoms with Crippen LogP contribution in [0.4, 0.5) is 18.9 Å². The highest BCUT2D eigenvalue weighted by atomic mass is 19.4. The Morgan fingerprint density at radius 3 is 2.10 bits per heavy atom. The van der Waals surface area contributed by atoms with E-state index in [9.17, 15) is 22.8 Å². The molecule has 4 nitrogen and oxygen atoms in total. The zero-order valence-corrected chi connectivity index (χ0v) is 11.0. The van der Waals surface area contributed by atoms with Crippen LogP contribution in [0.15, 0.2) is 24.3 Å². The van der Waals surface area contributed by atoms with E-state index in [0.29, 0.717) is 0 Å². The minimum Gasteiger partial charge on any atom is -0.353 e. The molecule has 0 heterocycles. The number of nitrogens with one attached hydrogen (secondary N) is 2. The van der Waals surface area contributed by atoms with Gasteiger partial charge in [0, 0.05) is 11.7 Å². The van der Waals surface area contributed by atoms with Gasteiger partial charge in [0.1, 0.15) is 6.42 Å². The van der Waals surface area contributed by atoms with Crippen molar-refractivity contribution in [1.82, 2.24) is 5.32 Å². The molecule has 0 aliphatic carbocycles. The molecule has 0 aromatic heterocycles. The SMILES string of the molecule is CC(C)NC(=O)CC(=O)Nc1ccc(C(F)(F)F)cc1. The fourth-order valence-corrected chi connectivity index (χ4v) is 1.47. The van der Waals surface area contributed by atoms with E-state index in [4.69, 9.17) is 0 Å². The van der Waals surface area contributed by atoms with Crippen molar-refractivity contribution in [1.29, 1.82) is 0 Å². The summed E-state index contributed by atoms with van der Waals surface area (Å²) >= 11 is 0. The Morgan fingerprint density at radius 2 is 1.65 bits per heavy atom. The number of carbonyl (C=O) groups excluding carboxylic acids is 2. The molecule has 7 heteroatoms. The zero-order valence-electron chi connectivity index (χ0n) is 11.0. The Morgan fingerprint density at radius 1 is 1.10 bits per heavy atom. The van der Waals surface area contributed by atoms with Gasteiger partial charge < -0.3 is 10.6 Å². The standard InChI is InChI=1S/C13H15F3N2O2/c1-8(2)17-11(19)7-12(20)18-10-5-3-9(4-6-10)13(14,15)16/h3-6,8H,7H2,1-2H3,(H,17,19)(H,18,20). The fourth-order valence-electron chi connectivity index (χ4n) is 1.47. The molecule has 0 bridgehead atoms. The Bertz CT molecular complexity index is 481. The Kier molecular flexibility index (Phi) is 5.12. The molecule has 0 saturated carbocycles. The van der Waals surface area contributed by atoms with Crippen LogP contribution in [0.1, 0.15) is 25.8 Å². The van der Waals surface area contributed by atoms with E-state index < -0.39 is 23.6 Å². The monoisotopic (exact) mass is 288 g/mol. The molecule has 0 atom stereocenters. The summed E-state index contributed by atoms with van der Waals surface area (Å²) in [7, 11) is 0. The predicted molar refractivity (Wildman–Crippen MR) is 68.0 cm³/mol. The first kappa shape index (κ1) is 16.0. The van der Waals surface area contributed by atoms with Crippen molar-refractivity contribution >= 4 is 17.5 Å². The summed E-state index contributed by atoms with van der Waals surface area (Å²) < 4.78 is 37.0. The van der Waals surface area contributed by atoms with Crippen LogP contribution in [0.5, 0.6) is 0 Å². The molecule has 110 valence electrons. The maximum atomic E-state index is 12.3. The number of anilines is 1. The molecular weight excluding hydrogens is 273 g/mol. The van der Waals surface area contributed by atoms with Gasteiger partial charge in [-0.25, -0.2) is 0 Å². The van der Waals surface area contributed by atoms with Gasteiger partial charge in [-0.2, -0.15) is 13.2 Å². The van der Waals surface area contributed by atoms with Crippen LogP contribution in [0.2, 0.25) is 0 Å². The van der Waals surface area contributed by atoms with Crippen LogP contribution in [0, 0.1) is 0 Å². The maximum absolute atomic E-state index is 12.3. The van der Waals surface area contributed by atoms with Crippen molar-refractivity contribution in [2.75, 3.05) is 5.32 Å². The van der Waals surface area contributed by atoms with E-state index in [1.54, 1.807) is 13.8 Å². The zero-order chi connectivity index (χ0) is 15.3. The van der Waals surface area contributed by atoms with Crippen molar-refractivity contribution < 1.29 is 22.8 Å². The second-order valence-corrected chi connectivity index (χ2v) is 4.52. The van der Waals surface area contributed by atoms with Crippen LogP contribution in [0.3, 0.4) is 0 Å². The molecule has 0 fully saturated rings. The Hall–Kier alpha value is -2.05. The number of amides is 2. The molecule has 20 heavy (non-hydrogen) atoms. The first-order chi connectivity index (χ1) is 9.18. The lowest BCUT2D eigenvalue weighted by molar-refractivity contribution is -0.137. The van der Waals surface area contributed by atoms with Crippen molar-refractivity contribution in [2.45, 2.75) is 32.5 Å². The highest BCUT2D eigenvalue weighted by molar-refractivity contribution is 6.03. The molecule has 0 saturated heterocycles. The van der Waals surface area contributed by atoms with Crippen molar-refractivity contribution in [3.05, 3.63) is 29.8 Å². The first-order valence-electron chi connectivity index (χ1n) is 5.95. The van der Waals surface area contributed by atoms with Gasteiger partial charge in [0.25, 0.3) is 0 Å². The summed E-state index contributed by atoms with van der Waals surface area (Å²) in [6.07, 6.45) is -4.79. The first-order valence-corrected chi connectivity index (χ1v) is 5.95. The third kappa shape index (κ3) is 5.29. The summed E-state index contributed by atoms with van der Waals surface area (Å²) in [4.78, 5) is 22.8. The molecule has 0 aliphatic rings. The third-order valence-corrected chi connectivity index (χ3v) is 2.27. The van der Waals surface area contributed by atoms with Gasteiger partial charge in [0.15, 0.2) is 0 Å². The van der Waals surface area contributed by atoms with Gasteiger partial charge in [0.2, 0.25) is 11.8 Å². The van der Waals surface area contributed by atoms with E-state index >= 15 is 0 Å². The van der Waals surface area contributed by atoms with Crippen molar-refractivity contribution in [3.8, 4) is 0 Å². The quantitative estimate of drug-likeness (QED) is 0.837. The fraction of sp³-hybridized carbons (Fsp3) is 0.385. The molecule has 0 radical (unpaired) electrons. The van der Waals surface area contributed by atoms with Crippen LogP contribution in [-0.2, 0) is 15.8 Å². The number of carbonyl (C=O) groups is 2. The second kappa shape index (κ2) is 6.40. The Balaban J connectivity index is 2.57. The Labute approximate surface area is 114 Å². The predicted octanol–water partition coefficient (Wildman–Crippen LogP) is 2.56. The van der Waals surface area contributed by atoms with Gasteiger partial charge >= 0.3 is 6.18 Å². The molecule has 0 spiro atoms. The van der Waals surface area contributed by atoms with Crippen molar-refractivity contribution in [3.63, 3.8) is 0 Å². The lowest BCUT2D eigenvalue weighted by atomic mass is 10.2. The minimum absolute atomic E-state index is 0.0821. The van der Waals surface area contributed by atoms with Crippen LogP contribution in [-0.4, -0.2) is 17.9 Å². The van der Waals surface area contributed by atoms with Gasteiger partial charge in [-0.1, -0.05) is 0 Å². The maximum Gasteiger partial charge on any atom is 0.416 e. The van der Waals surface area contributed by atoms with Gasteiger partial charge in [-0.15, -0.1) is 0 Å². The topological polar surface area (TPSA) is 58.2 Å². The highest BCUT2D eigenvalue weighted by Crippen LogP contribution is 2.29. The van der Waals surface area contributed by atoms with Crippen LogP contribution in [0.25, 0.3) is 0 Å². The summed E-state index contributed by atoms with van der Waals surface area (Å²) in [5.74, 6) is -1.02. The average Bonchev–Trinajstić information content (AvgIpc) is 2.26. The number of hydrogen-bond donors (Lipinski definition) is 2. The van der Waals surface area contributed by atoms with Crippen LogP contribution >= 0.6 is 0 Å². The normalized spacial score (nSPS) is 11.3. The molecule has 2 N–H and O–H groups in total. The summed E-state index contributed by atoms with van der Waals surface area (Å²) in [6, 6.07) is 3.93. The number of hydrogen-bond acceptors (Lipinski definition) is 2. The summed E-state index contributed by atoms with van der Waals surface area (Å²) in [6.45, 7) is 3.51. The third-order valence-electron chi connectivity index (χ3n) is 2.27. The molecule has 1 aromatic carbocycles. The summed E-state index contributed by atoms with van der Waals surface area (Å²) in [5, 5.41) is 4.90. The van der Waals surface area contributed by atoms with Gasteiger partial charge in [-0.3, -0.25) is 9.59 Å². The smallest absolute Gasteiger partial charge is 0.353 e. The molecule has 1 rings (SSSR count). The second-order valence-electron chi connectivity index (χ2n) is 4.52. The van der Waals surface area contributed by atoms with Crippen LogP contribution < -0.4 is 10.6 Å². The highest BCUT2D eigenvalue weighted by Gasteiger charge is 2.29. The van der Waals surface area contributed by atoms with Crippen molar-refractivity contribution in [2.24, 2.45) is 0 Å². The summed E-state index contributed by atoms with van der Waals surface area (Å²) in [5.41, 5.74) is -0.589. The average molecular weight is 288 g/mol. The number of rotatable bonds is 4. The van der Waals surface area contributed by atoms with E-state index in [0.717, 1.165) is 24.3 Å². The van der Waals surface area contributed by atoms with E-state index in [1.807, 2.05) is 0 Å². The number of halogens is 3. The van der Waals surface area contributed by atoms with E-state index in [-0.39, 0.29) is 18.2 Å². The molecule has 2 amide bonds. The van der Waals surface area contributed by atoms with Gasteiger partial charge in [0.05, 0.1) is 5.56 Å². The molecule has 0 unspecified atom stereocenters. The lowest BCUT2D eigenvalue weighted by Gasteiger charge is -2.10. The number of alkyl halides is 3. The minimum atomic E-state index is -4.42. The van der Waals surface area contributed by atoms with E-state index in [2.05, 4.69) is 10.6 Å². The molecule has 1 aromatic rings. The largest absolute Gasteiger partial charge is 0.416 e.